The largest absolute Gasteiger partial charge is 0.468 e. The molecule has 0 amide bonds. The summed E-state index contributed by atoms with van der Waals surface area (Å²) in [5.74, 6) is 0.645. The summed E-state index contributed by atoms with van der Waals surface area (Å²) in [5, 5.41) is 14.1. The fraction of sp³-hybridized carbons (Fsp3) is 0.294. The third-order valence-electron chi connectivity index (χ3n) is 3.64. The van der Waals surface area contributed by atoms with Gasteiger partial charge >= 0.3 is 5.76 Å². The van der Waals surface area contributed by atoms with Crippen LogP contribution in [0.4, 0.5) is 0 Å². The van der Waals surface area contributed by atoms with Crippen LogP contribution in [0.3, 0.4) is 0 Å². The minimum Gasteiger partial charge on any atom is -0.468 e. The number of benzene rings is 1. The van der Waals surface area contributed by atoms with E-state index in [2.05, 4.69) is 5.16 Å². The lowest BCUT2D eigenvalue weighted by Gasteiger charge is -2.19. The highest BCUT2D eigenvalue weighted by molar-refractivity contribution is 5.54. The second kappa shape index (κ2) is 7.29. The fourth-order valence-corrected chi connectivity index (χ4v) is 2.59. The van der Waals surface area contributed by atoms with Crippen LogP contribution >= 0.6 is 0 Å². The predicted molar refractivity (Wildman–Crippen MR) is 87.2 cm³/mol. The standard InChI is InChI=1S/C17H19N3O4/c1-19(12-15-8-5-9-23-15)10-14(21)11-20-16(18-24-17(20)22)13-6-3-2-4-7-13/h2-9,14,21H,10-12H2,1H3/t14-/m0/s1. The van der Waals surface area contributed by atoms with Gasteiger partial charge in [0.15, 0.2) is 5.82 Å². The average Bonchev–Trinajstić information content (AvgIpc) is 3.19. The van der Waals surface area contributed by atoms with Crippen molar-refractivity contribution in [1.82, 2.24) is 14.6 Å². The van der Waals surface area contributed by atoms with Gasteiger partial charge in [-0.25, -0.2) is 4.79 Å². The molecule has 7 nitrogen and oxygen atoms in total. The molecule has 0 bridgehead atoms. The first kappa shape index (κ1) is 16.2. The van der Waals surface area contributed by atoms with E-state index in [4.69, 9.17) is 8.94 Å². The molecule has 0 fully saturated rings. The predicted octanol–water partition coefficient (Wildman–Crippen LogP) is 1.59. The molecule has 0 aliphatic heterocycles. The van der Waals surface area contributed by atoms with Crippen LogP contribution in [0.1, 0.15) is 5.76 Å². The highest BCUT2D eigenvalue weighted by atomic mass is 16.5. The summed E-state index contributed by atoms with van der Waals surface area (Å²) in [6.07, 6.45) is 0.868. The second-order valence-corrected chi connectivity index (χ2v) is 5.68. The van der Waals surface area contributed by atoms with Gasteiger partial charge in [-0.3, -0.25) is 14.0 Å². The van der Waals surface area contributed by atoms with Crippen LogP contribution in [0.15, 0.2) is 62.5 Å². The monoisotopic (exact) mass is 329 g/mol. The molecule has 3 aromatic rings. The third-order valence-corrected chi connectivity index (χ3v) is 3.64. The molecule has 7 heteroatoms. The number of likely N-dealkylation sites (N-methyl/N-ethyl adjacent to an activating group) is 1. The number of rotatable bonds is 7. The van der Waals surface area contributed by atoms with Crippen molar-refractivity contribution >= 4 is 0 Å². The van der Waals surface area contributed by atoms with Crippen LogP contribution < -0.4 is 5.76 Å². The molecule has 0 spiro atoms. The molecule has 3 rings (SSSR count). The maximum Gasteiger partial charge on any atom is 0.441 e. The highest BCUT2D eigenvalue weighted by Crippen LogP contribution is 2.15. The number of aliphatic hydroxyl groups excluding tert-OH is 1. The Bertz CT molecular complexity index is 808. The minimum atomic E-state index is -0.746. The first-order chi connectivity index (χ1) is 11.6. The summed E-state index contributed by atoms with van der Waals surface area (Å²) in [6, 6.07) is 13.0. The molecule has 0 aliphatic carbocycles. The summed E-state index contributed by atoms with van der Waals surface area (Å²) < 4.78 is 11.4. The van der Waals surface area contributed by atoms with Crippen molar-refractivity contribution in [3.8, 4) is 11.4 Å². The number of furan rings is 1. The van der Waals surface area contributed by atoms with Crippen molar-refractivity contribution in [2.75, 3.05) is 13.6 Å². The van der Waals surface area contributed by atoms with E-state index in [9.17, 15) is 9.90 Å². The number of aromatic nitrogens is 2. The number of hydrogen-bond donors (Lipinski definition) is 1. The zero-order valence-electron chi connectivity index (χ0n) is 13.3. The molecule has 1 aromatic carbocycles. The van der Waals surface area contributed by atoms with E-state index in [-0.39, 0.29) is 6.54 Å². The summed E-state index contributed by atoms with van der Waals surface area (Å²) in [5.41, 5.74) is 0.763. The molecule has 24 heavy (non-hydrogen) atoms. The van der Waals surface area contributed by atoms with Gasteiger partial charge < -0.3 is 9.52 Å². The number of nitrogens with zero attached hydrogens (tertiary/aromatic N) is 3. The first-order valence-electron chi connectivity index (χ1n) is 7.64. The quantitative estimate of drug-likeness (QED) is 0.708. The molecule has 0 saturated heterocycles. The lowest BCUT2D eigenvalue weighted by molar-refractivity contribution is 0.102. The van der Waals surface area contributed by atoms with Crippen molar-refractivity contribution in [1.29, 1.82) is 0 Å². The lowest BCUT2D eigenvalue weighted by Crippen LogP contribution is -2.34. The van der Waals surface area contributed by atoms with E-state index in [1.165, 1.54) is 4.57 Å². The van der Waals surface area contributed by atoms with E-state index in [0.717, 1.165) is 11.3 Å². The van der Waals surface area contributed by atoms with E-state index >= 15 is 0 Å². The number of aliphatic hydroxyl groups is 1. The zero-order chi connectivity index (χ0) is 16.9. The van der Waals surface area contributed by atoms with Crippen molar-refractivity contribution in [2.24, 2.45) is 0 Å². The Labute approximate surface area is 138 Å². The Morgan fingerprint density at radius 1 is 1.25 bits per heavy atom. The van der Waals surface area contributed by atoms with Crippen LogP contribution in [0.2, 0.25) is 0 Å². The molecular weight excluding hydrogens is 310 g/mol. The van der Waals surface area contributed by atoms with E-state index in [1.807, 2.05) is 54.4 Å². The SMILES string of the molecule is CN(Cc1ccco1)C[C@H](O)Cn1c(-c2ccccc2)noc1=O. The van der Waals surface area contributed by atoms with Gasteiger partial charge in [-0.2, -0.15) is 0 Å². The van der Waals surface area contributed by atoms with Gasteiger partial charge in [0.2, 0.25) is 0 Å². The normalized spacial score (nSPS) is 12.6. The molecule has 0 aliphatic rings. The van der Waals surface area contributed by atoms with Gasteiger partial charge in [0.25, 0.3) is 0 Å². The molecule has 2 aromatic heterocycles. The average molecular weight is 329 g/mol. The van der Waals surface area contributed by atoms with Crippen molar-refractivity contribution in [3.63, 3.8) is 0 Å². The molecular formula is C17H19N3O4. The van der Waals surface area contributed by atoms with Crippen LogP contribution in [-0.4, -0.2) is 39.4 Å². The lowest BCUT2D eigenvalue weighted by atomic mass is 10.2. The van der Waals surface area contributed by atoms with Crippen LogP contribution in [0, 0.1) is 0 Å². The van der Waals surface area contributed by atoms with Crippen molar-refractivity contribution < 1.29 is 14.0 Å². The Morgan fingerprint density at radius 3 is 2.75 bits per heavy atom. The first-order valence-corrected chi connectivity index (χ1v) is 7.64. The van der Waals surface area contributed by atoms with Gasteiger partial charge in [0.1, 0.15) is 5.76 Å². The smallest absolute Gasteiger partial charge is 0.441 e. The molecule has 1 atom stereocenters. The summed E-state index contributed by atoms with van der Waals surface area (Å²) in [4.78, 5) is 13.8. The zero-order valence-corrected chi connectivity index (χ0v) is 13.3. The summed E-state index contributed by atoms with van der Waals surface area (Å²) >= 11 is 0. The Morgan fingerprint density at radius 2 is 2.04 bits per heavy atom. The van der Waals surface area contributed by atoms with Gasteiger partial charge in [-0.15, -0.1) is 0 Å². The molecule has 0 radical (unpaired) electrons. The highest BCUT2D eigenvalue weighted by Gasteiger charge is 2.17. The molecule has 2 heterocycles. The molecule has 0 saturated carbocycles. The van der Waals surface area contributed by atoms with Gasteiger partial charge in [-0.05, 0) is 19.2 Å². The second-order valence-electron chi connectivity index (χ2n) is 5.68. The Balaban J connectivity index is 1.67. The summed E-state index contributed by atoms with van der Waals surface area (Å²) in [6.45, 7) is 1.07. The van der Waals surface area contributed by atoms with Crippen LogP contribution in [0.5, 0.6) is 0 Å². The maximum atomic E-state index is 11.9. The fourth-order valence-electron chi connectivity index (χ4n) is 2.59. The van der Waals surface area contributed by atoms with E-state index in [0.29, 0.717) is 18.9 Å². The van der Waals surface area contributed by atoms with Crippen LogP contribution in [-0.2, 0) is 13.1 Å². The van der Waals surface area contributed by atoms with E-state index in [1.54, 1.807) is 6.26 Å². The molecule has 1 N–H and O–H groups in total. The third kappa shape index (κ3) is 3.81. The molecule has 126 valence electrons. The summed E-state index contributed by atoms with van der Waals surface area (Å²) in [7, 11) is 1.88. The van der Waals surface area contributed by atoms with Crippen molar-refractivity contribution in [3.05, 3.63) is 65.0 Å². The van der Waals surface area contributed by atoms with E-state index < -0.39 is 11.9 Å². The number of hydrogen-bond acceptors (Lipinski definition) is 6. The van der Waals surface area contributed by atoms with Gasteiger partial charge in [-0.1, -0.05) is 35.5 Å². The Hall–Kier alpha value is -2.64. The van der Waals surface area contributed by atoms with Gasteiger partial charge in [0, 0.05) is 12.1 Å². The topological polar surface area (TPSA) is 84.6 Å². The Kier molecular flexibility index (Phi) is 4.93. The molecule has 0 unspecified atom stereocenters. The van der Waals surface area contributed by atoms with Crippen LogP contribution in [0.25, 0.3) is 11.4 Å². The van der Waals surface area contributed by atoms with Crippen molar-refractivity contribution in [2.45, 2.75) is 19.2 Å². The maximum absolute atomic E-state index is 11.9. The van der Waals surface area contributed by atoms with Gasteiger partial charge in [0.05, 0.1) is 25.5 Å². The minimum absolute atomic E-state index is 0.106.